The van der Waals surface area contributed by atoms with Gasteiger partial charge in [-0.3, -0.25) is 0 Å². The third-order valence-corrected chi connectivity index (χ3v) is 2.91. The van der Waals surface area contributed by atoms with Crippen LogP contribution in [0.3, 0.4) is 0 Å². The quantitative estimate of drug-likeness (QED) is 0.924. The fraction of sp³-hybridized carbons (Fsp3) is 0.385. The second-order valence-electron chi connectivity index (χ2n) is 4.75. The van der Waals surface area contributed by atoms with Gasteiger partial charge in [0.05, 0.1) is 0 Å². The van der Waals surface area contributed by atoms with E-state index in [1.807, 2.05) is 13.8 Å². The molecule has 0 saturated heterocycles. The smallest absolute Gasteiger partial charge is 0.228 e. The molecule has 0 aliphatic heterocycles. The van der Waals surface area contributed by atoms with E-state index in [2.05, 4.69) is 10.1 Å². The maximum Gasteiger partial charge on any atom is 0.228 e. The molecule has 2 rings (SSSR count). The molecule has 1 heterocycles. The standard InChI is InChI=1S/C13H15F2N3O/c1-7(2)11(16)6-12-17-13(18-19-12)8-3-4-9(14)10(15)5-8/h3-5,7,11H,6,16H2,1-2H3. The van der Waals surface area contributed by atoms with Crippen molar-refractivity contribution in [2.24, 2.45) is 11.7 Å². The van der Waals surface area contributed by atoms with Gasteiger partial charge in [-0.1, -0.05) is 19.0 Å². The number of hydrogen-bond donors (Lipinski definition) is 1. The average Bonchev–Trinajstić information content (AvgIpc) is 2.81. The molecular formula is C13H15F2N3O. The van der Waals surface area contributed by atoms with E-state index >= 15 is 0 Å². The summed E-state index contributed by atoms with van der Waals surface area (Å²) in [5.41, 5.74) is 6.27. The molecule has 4 nitrogen and oxygen atoms in total. The van der Waals surface area contributed by atoms with Crippen LogP contribution in [0.25, 0.3) is 11.4 Å². The molecule has 1 aromatic heterocycles. The number of nitrogens with zero attached hydrogens (tertiary/aromatic N) is 2. The van der Waals surface area contributed by atoms with Crippen LogP contribution >= 0.6 is 0 Å². The summed E-state index contributed by atoms with van der Waals surface area (Å²) in [6, 6.07) is 3.38. The highest BCUT2D eigenvalue weighted by Crippen LogP contribution is 2.19. The van der Waals surface area contributed by atoms with E-state index in [1.165, 1.54) is 6.07 Å². The van der Waals surface area contributed by atoms with Crippen LogP contribution in [0, 0.1) is 17.6 Å². The zero-order valence-electron chi connectivity index (χ0n) is 10.7. The van der Waals surface area contributed by atoms with Crippen molar-refractivity contribution >= 4 is 0 Å². The van der Waals surface area contributed by atoms with Gasteiger partial charge in [-0.25, -0.2) is 8.78 Å². The van der Waals surface area contributed by atoms with Crippen LogP contribution in [0.15, 0.2) is 22.7 Å². The highest BCUT2D eigenvalue weighted by atomic mass is 19.2. The normalized spacial score (nSPS) is 12.9. The molecule has 1 aromatic carbocycles. The first kappa shape index (κ1) is 13.6. The van der Waals surface area contributed by atoms with Crippen LogP contribution < -0.4 is 5.73 Å². The summed E-state index contributed by atoms with van der Waals surface area (Å²) in [5, 5.41) is 3.74. The largest absolute Gasteiger partial charge is 0.339 e. The fourth-order valence-corrected chi connectivity index (χ4v) is 1.53. The Bertz CT molecular complexity index is 569. The Labute approximate surface area is 109 Å². The van der Waals surface area contributed by atoms with Crippen LogP contribution in [0.1, 0.15) is 19.7 Å². The topological polar surface area (TPSA) is 64.9 Å². The van der Waals surface area contributed by atoms with Crippen LogP contribution in [0.4, 0.5) is 8.78 Å². The van der Waals surface area contributed by atoms with Gasteiger partial charge in [-0.05, 0) is 24.1 Å². The summed E-state index contributed by atoms with van der Waals surface area (Å²) in [6.45, 7) is 3.99. The van der Waals surface area contributed by atoms with E-state index in [0.29, 0.717) is 23.8 Å². The van der Waals surface area contributed by atoms with Gasteiger partial charge < -0.3 is 10.3 Å². The van der Waals surface area contributed by atoms with Gasteiger partial charge in [0.1, 0.15) is 0 Å². The molecule has 0 amide bonds. The minimum atomic E-state index is -0.942. The molecule has 0 radical (unpaired) electrons. The zero-order valence-corrected chi connectivity index (χ0v) is 10.7. The van der Waals surface area contributed by atoms with Gasteiger partial charge >= 0.3 is 0 Å². The molecule has 1 unspecified atom stereocenters. The summed E-state index contributed by atoms with van der Waals surface area (Å²) in [5.74, 6) is -0.943. The molecule has 102 valence electrons. The zero-order chi connectivity index (χ0) is 14.0. The van der Waals surface area contributed by atoms with E-state index < -0.39 is 11.6 Å². The lowest BCUT2D eigenvalue weighted by Gasteiger charge is -2.11. The van der Waals surface area contributed by atoms with E-state index in [9.17, 15) is 8.78 Å². The fourth-order valence-electron chi connectivity index (χ4n) is 1.53. The lowest BCUT2D eigenvalue weighted by atomic mass is 10.0. The van der Waals surface area contributed by atoms with Crippen molar-refractivity contribution in [3.8, 4) is 11.4 Å². The van der Waals surface area contributed by atoms with Crippen molar-refractivity contribution in [2.75, 3.05) is 0 Å². The Hall–Kier alpha value is -1.82. The second-order valence-corrected chi connectivity index (χ2v) is 4.75. The number of aromatic nitrogens is 2. The SMILES string of the molecule is CC(C)C(N)Cc1nc(-c2ccc(F)c(F)c2)no1. The summed E-state index contributed by atoms with van der Waals surface area (Å²) in [6.07, 6.45) is 0.453. The van der Waals surface area contributed by atoms with Gasteiger partial charge in [0.25, 0.3) is 0 Å². The van der Waals surface area contributed by atoms with Crippen molar-refractivity contribution in [3.05, 3.63) is 35.7 Å². The first-order valence-corrected chi connectivity index (χ1v) is 6.01. The Balaban J connectivity index is 2.18. The average molecular weight is 267 g/mol. The lowest BCUT2D eigenvalue weighted by molar-refractivity contribution is 0.353. The Morgan fingerprint density at radius 3 is 2.63 bits per heavy atom. The van der Waals surface area contributed by atoms with E-state index in [0.717, 1.165) is 12.1 Å². The Morgan fingerprint density at radius 1 is 1.26 bits per heavy atom. The predicted octanol–water partition coefficient (Wildman–Crippen LogP) is 2.54. The Kier molecular flexibility index (Phi) is 3.90. The van der Waals surface area contributed by atoms with Crippen molar-refractivity contribution in [1.82, 2.24) is 10.1 Å². The summed E-state index contributed by atoms with van der Waals surface area (Å²) < 4.78 is 31.0. The molecule has 0 aliphatic carbocycles. The van der Waals surface area contributed by atoms with Gasteiger partial charge in [0.15, 0.2) is 11.6 Å². The van der Waals surface area contributed by atoms with Gasteiger partial charge in [-0.15, -0.1) is 0 Å². The first-order chi connectivity index (χ1) is 8.97. The maximum atomic E-state index is 13.1. The minimum Gasteiger partial charge on any atom is -0.339 e. The molecule has 0 spiro atoms. The summed E-state index contributed by atoms with van der Waals surface area (Å²) >= 11 is 0. The molecule has 0 bridgehead atoms. The molecule has 19 heavy (non-hydrogen) atoms. The predicted molar refractivity (Wildman–Crippen MR) is 66.2 cm³/mol. The highest BCUT2D eigenvalue weighted by molar-refractivity contribution is 5.54. The summed E-state index contributed by atoms with van der Waals surface area (Å²) in [4.78, 5) is 4.13. The third-order valence-electron chi connectivity index (χ3n) is 2.91. The van der Waals surface area contributed by atoms with Crippen molar-refractivity contribution in [1.29, 1.82) is 0 Å². The molecule has 2 aromatic rings. The van der Waals surface area contributed by atoms with Crippen LogP contribution in [0.2, 0.25) is 0 Å². The Morgan fingerprint density at radius 2 is 2.00 bits per heavy atom. The summed E-state index contributed by atoms with van der Waals surface area (Å²) in [7, 11) is 0. The van der Waals surface area contributed by atoms with Crippen molar-refractivity contribution in [3.63, 3.8) is 0 Å². The molecular weight excluding hydrogens is 252 g/mol. The van der Waals surface area contributed by atoms with E-state index in [-0.39, 0.29) is 11.9 Å². The number of hydrogen-bond acceptors (Lipinski definition) is 4. The molecule has 0 aliphatic rings. The number of halogens is 2. The van der Waals surface area contributed by atoms with E-state index in [4.69, 9.17) is 10.3 Å². The minimum absolute atomic E-state index is 0.0850. The van der Waals surface area contributed by atoms with Crippen molar-refractivity contribution < 1.29 is 13.3 Å². The lowest BCUT2D eigenvalue weighted by Crippen LogP contribution is -2.28. The van der Waals surface area contributed by atoms with Crippen molar-refractivity contribution in [2.45, 2.75) is 26.3 Å². The number of benzene rings is 1. The molecule has 0 fully saturated rings. The number of rotatable bonds is 4. The monoisotopic (exact) mass is 267 g/mol. The molecule has 2 N–H and O–H groups in total. The van der Waals surface area contributed by atoms with Gasteiger partial charge in [0.2, 0.25) is 11.7 Å². The van der Waals surface area contributed by atoms with Crippen LogP contribution in [0.5, 0.6) is 0 Å². The molecule has 6 heteroatoms. The van der Waals surface area contributed by atoms with Gasteiger partial charge in [-0.2, -0.15) is 4.98 Å². The first-order valence-electron chi connectivity index (χ1n) is 6.01. The van der Waals surface area contributed by atoms with Crippen LogP contribution in [-0.2, 0) is 6.42 Å². The highest BCUT2D eigenvalue weighted by Gasteiger charge is 2.15. The van der Waals surface area contributed by atoms with Gasteiger partial charge in [0, 0.05) is 18.0 Å². The number of nitrogens with two attached hydrogens (primary N) is 1. The maximum absolute atomic E-state index is 13.1. The molecule has 1 atom stereocenters. The molecule has 0 saturated carbocycles. The third kappa shape index (κ3) is 3.14. The van der Waals surface area contributed by atoms with Crippen LogP contribution in [-0.4, -0.2) is 16.2 Å². The second kappa shape index (κ2) is 5.44. The van der Waals surface area contributed by atoms with E-state index in [1.54, 1.807) is 0 Å².